The maximum atomic E-state index is 12.0. The summed E-state index contributed by atoms with van der Waals surface area (Å²) in [5.74, 6) is 0.241. The summed E-state index contributed by atoms with van der Waals surface area (Å²) < 4.78 is 5.38. The van der Waals surface area contributed by atoms with Crippen molar-refractivity contribution in [2.45, 2.75) is 39.2 Å². The first kappa shape index (κ1) is 16.8. The molecule has 0 spiro atoms. The van der Waals surface area contributed by atoms with E-state index in [0.717, 1.165) is 45.6 Å². The van der Waals surface area contributed by atoms with E-state index in [0.29, 0.717) is 13.0 Å². The first-order valence-corrected chi connectivity index (χ1v) is 8.36. The van der Waals surface area contributed by atoms with E-state index in [1.165, 1.54) is 11.3 Å². The van der Waals surface area contributed by atoms with E-state index in [9.17, 15) is 4.79 Å². The van der Waals surface area contributed by atoms with Gasteiger partial charge in [0.1, 0.15) is 0 Å². The van der Waals surface area contributed by atoms with Gasteiger partial charge in [-0.25, -0.2) is 0 Å². The Morgan fingerprint density at radius 1 is 1.18 bits per heavy atom. The molecular weight excluding hydrogens is 276 g/mol. The number of morpholine rings is 1. The van der Waals surface area contributed by atoms with Crippen molar-refractivity contribution < 1.29 is 9.53 Å². The second kappa shape index (κ2) is 8.79. The maximum absolute atomic E-state index is 12.0. The predicted molar refractivity (Wildman–Crippen MR) is 90.1 cm³/mol. The van der Waals surface area contributed by atoms with Crippen LogP contribution >= 0.6 is 0 Å². The predicted octanol–water partition coefficient (Wildman–Crippen LogP) is 3.06. The van der Waals surface area contributed by atoms with Gasteiger partial charge in [-0.1, -0.05) is 31.9 Å². The summed E-state index contributed by atoms with van der Waals surface area (Å²) in [7, 11) is 1.89. The molecule has 1 aliphatic heterocycles. The van der Waals surface area contributed by atoms with Crippen LogP contribution in [0.1, 0.15) is 38.2 Å². The number of benzene rings is 1. The van der Waals surface area contributed by atoms with Crippen molar-refractivity contribution in [3.63, 3.8) is 0 Å². The number of hydrogen-bond donors (Lipinski definition) is 0. The first-order chi connectivity index (χ1) is 10.7. The highest BCUT2D eigenvalue weighted by molar-refractivity contribution is 5.75. The molecule has 4 nitrogen and oxygen atoms in total. The molecule has 1 amide bonds. The van der Waals surface area contributed by atoms with Gasteiger partial charge in [0.15, 0.2) is 0 Å². The molecule has 1 aromatic rings. The molecule has 0 aromatic heterocycles. The Balaban J connectivity index is 1.83. The average Bonchev–Trinajstić information content (AvgIpc) is 2.56. The summed E-state index contributed by atoms with van der Waals surface area (Å²) in [6.45, 7) is 6.36. The van der Waals surface area contributed by atoms with Gasteiger partial charge in [0.05, 0.1) is 13.2 Å². The third-order valence-electron chi connectivity index (χ3n) is 4.15. The molecule has 0 saturated carbocycles. The summed E-state index contributed by atoms with van der Waals surface area (Å²) in [5.41, 5.74) is 2.42. The maximum Gasteiger partial charge on any atom is 0.222 e. The van der Waals surface area contributed by atoms with Crippen LogP contribution in [0.5, 0.6) is 0 Å². The number of hydrogen-bond acceptors (Lipinski definition) is 3. The van der Waals surface area contributed by atoms with Crippen LogP contribution in [0.4, 0.5) is 5.69 Å². The molecule has 0 radical (unpaired) electrons. The molecular formula is C18H28N2O2. The van der Waals surface area contributed by atoms with Gasteiger partial charge in [-0.3, -0.25) is 4.79 Å². The normalized spacial score (nSPS) is 14.9. The smallest absolute Gasteiger partial charge is 0.222 e. The third kappa shape index (κ3) is 5.02. The molecule has 1 fully saturated rings. The van der Waals surface area contributed by atoms with E-state index in [1.54, 1.807) is 0 Å². The highest BCUT2D eigenvalue weighted by atomic mass is 16.5. The van der Waals surface area contributed by atoms with Crippen molar-refractivity contribution >= 4 is 11.6 Å². The quantitative estimate of drug-likeness (QED) is 0.726. The van der Waals surface area contributed by atoms with Crippen molar-refractivity contribution in [3.8, 4) is 0 Å². The minimum Gasteiger partial charge on any atom is -0.378 e. The minimum absolute atomic E-state index is 0.241. The van der Waals surface area contributed by atoms with Crippen molar-refractivity contribution in [1.29, 1.82) is 0 Å². The second-order valence-corrected chi connectivity index (χ2v) is 5.97. The Morgan fingerprint density at radius 2 is 1.86 bits per heavy atom. The lowest BCUT2D eigenvalue weighted by Crippen LogP contribution is -2.36. The number of unbranched alkanes of at least 4 members (excludes halogenated alkanes) is 2. The van der Waals surface area contributed by atoms with Crippen LogP contribution in [-0.2, 0) is 16.1 Å². The van der Waals surface area contributed by atoms with Gasteiger partial charge in [0, 0.05) is 38.8 Å². The molecule has 122 valence electrons. The van der Waals surface area contributed by atoms with E-state index >= 15 is 0 Å². The summed E-state index contributed by atoms with van der Waals surface area (Å²) in [6, 6.07) is 8.55. The summed E-state index contributed by atoms with van der Waals surface area (Å²) in [5, 5.41) is 0. The molecule has 0 bridgehead atoms. The van der Waals surface area contributed by atoms with Crippen molar-refractivity contribution in [2.75, 3.05) is 38.3 Å². The van der Waals surface area contributed by atoms with E-state index in [-0.39, 0.29) is 5.91 Å². The lowest BCUT2D eigenvalue weighted by atomic mass is 10.1. The standard InChI is InChI=1S/C18H28N2O2/c1-3-4-5-6-18(21)19(2)15-16-7-9-17(10-8-16)20-11-13-22-14-12-20/h7-10H,3-6,11-15H2,1-2H3. The Hall–Kier alpha value is -1.55. The summed E-state index contributed by atoms with van der Waals surface area (Å²) >= 11 is 0. The topological polar surface area (TPSA) is 32.8 Å². The lowest BCUT2D eigenvalue weighted by Gasteiger charge is -2.29. The van der Waals surface area contributed by atoms with E-state index in [4.69, 9.17) is 4.74 Å². The van der Waals surface area contributed by atoms with Crippen molar-refractivity contribution in [1.82, 2.24) is 4.90 Å². The molecule has 1 aliphatic rings. The van der Waals surface area contributed by atoms with Crippen molar-refractivity contribution in [3.05, 3.63) is 29.8 Å². The van der Waals surface area contributed by atoms with Crippen LogP contribution in [0.3, 0.4) is 0 Å². The summed E-state index contributed by atoms with van der Waals surface area (Å²) in [4.78, 5) is 16.2. The molecule has 0 N–H and O–H groups in total. The highest BCUT2D eigenvalue weighted by Crippen LogP contribution is 2.17. The lowest BCUT2D eigenvalue weighted by molar-refractivity contribution is -0.130. The fourth-order valence-electron chi connectivity index (χ4n) is 2.71. The largest absolute Gasteiger partial charge is 0.378 e. The Labute approximate surface area is 134 Å². The van der Waals surface area contributed by atoms with Crippen molar-refractivity contribution in [2.24, 2.45) is 0 Å². The van der Waals surface area contributed by atoms with Gasteiger partial charge in [-0.15, -0.1) is 0 Å². The van der Waals surface area contributed by atoms with Crippen LogP contribution in [0, 0.1) is 0 Å². The van der Waals surface area contributed by atoms with Gasteiger partial charge < -0.3 is 14.5 Å². The number of anilines is 1. The number of nitrogens with zero attached hydrogens (tertiary/aromatic N) is 2. The molecule has 1 aromatic carbocycles. The molecule has 0 atom stereocenters. The van der Waals surface area contributed by atoms with Gasteiger partial charge in [-0.05, 0) is 24.1 Å². The SMILES string of the molecule is CCCCCC(=O)N(C)Cc1ccc(N2CCOCC2)cc1. The average molecular weight is 304 g/mol. The zero-order valence-corrected chi connectivity index (χ0v) is 13.9. The molecule has 1 heterocycles. The number of amides is 1. The Kier molecular flexibility index (Phi) is 6.72. The fraction of sp³-hybridized carbons (Fsp3) is 0.611. The van der Waals surface area contributed by atoms with E-state index in [1.807, 2.05) is 11.9 Å². The van der Waals surface area contributed by atoms with Crippen LogP contribution in [0.2, 0.25) is 0 Å². The molecule has 4 heteroatoms. The van der Waals surface area contributed by atoms with Gasteiger partial charge in [0.25, 0.3) is 0 Å². The zero-order chi connectivity index (χ0) is 15.8. The van der Waals surface area contributed by atoms with E-state index in [2.05, 4.69) is 36.1 Å². The molecule has 0 unspecified atom stereocenters. The number of carbonyl (C=O) groups excluding carboxylic acids is 1. The number of rotatable bonds is 7. The van der Waals surface area contributed by atoms with Crippen LogP contribution in [-0.4, -0.2) is 44.2 Å². The minimum atomic E-state index is 0.241. The van der Waals surface area contributed by atoms with Gasteiger partial charge in [-0.2, -0.15) is 0 Å². The van der Waals surface area contributed by atoms with Crippen LogP contribution < -0.4 is 4.90 Å². The second-order valence-electron chi connectivity index (χ2n) is 5.97. The van der Waals surface area contributed by atoms with Gasteiger partial charge >= 0.3 is 0 Å². The Bertz CT molecular complexity index is 453. The number of carbonyl (C=O) groups is 1. The first-order valence-electron chi connectivity index (χ1n) is 8.36. The Morgan fingerprint density at radius 3 is 2.50 bits per heavy atom. The molecule has 2 rings (SSSR count). The third-order valence-corrected chi connectivity index (χ3v) is 4.15. The van der Waals surface area contributed by atoms with Gasteiger partial charge in [0.2, 0.25) is 5.91 Å². The van der Waals surface area contributed by atoms with E-state index < -0.39 is 0 Å². The molecule has 22 heavy (non-hydrogen) atoms. The highest BCUT2D eigenvalue weighted by Gasteiger charge is 2.12. The fourth-order valence-corrected chi connectivity index (χ4v) is 2.71. The zero-order valence-electron chi connectivity index (χ0n) is 13.9. The number of ether oxygens (including phenoxy) is 1. The van der Waals surface area contributed by atoms with Crippen LogP contribution in [0.25, 0.3) is 0 Å². The summed E-state index contributed by atoms with van der Waals surface area (Å²) in [6.07, 6.45) is 3.94. The van der Waals surface area contributed by atoms with Crippen LogP contribution in [0.15, 0.2) is 24.3 Å². The molecule has 0 aliphatic carbocycles. The monoisotopic (exact) mass is 304 g/mol. The molecule has 1 saturated heterocycles.